The van der Waals surface area contributed by atoms with Crippen LogP contribution in [-0.4, -0.2) is 52.8 Å². The van der Waals surface area contributed by atoms with E-state index in [4.69, 9.17) is 10.2 Å². The largest absolute Gasteiger partial charge is 0.306 e. The summed E-state index contributed by atoms with van der Waals surface area (Å²) < 4.78 is 29.6. The molecule has 1 amide bonds. The van der Waals surface area contributed by atoms with E-state index in [2.05, 4.69) is 18.0 Å². The number of rotatable bonds is 7. The van der Waals surface area contributed by atoms with Crippen molar-refractivity contribution in [2.75, 3.05) is 31.6 Å². The number of amides is 1. The third-order valence-corrected chi connectivity index (χ3v) is 8.41. The molecule has 2 aliphatic heterocycles. The van der Waals surface area contributed by atoms with Gasteiger partial charge in [-0.25, -0.2) is 13.1 Å². The van der Waals surface area contributed by atoms with Crippen LogP contribution in [-0.2, 0) is 11.3 Å². The standard InChI is InChI=1S/C29H29F2N5OS/c1-34-12-9-20(10-13-34)21-7-8-23(33-18-21)19-35(24-5-3-2-4-6-24)29(37)27-11-14-36(27)38-25-15-22(17-32)28(31)26(30)16-25/h2-8,15-16,18,20,27H,9-14,19H2,1H3/t27-/m1/s1. The van der Waals surface area contributed by atoms with E-state index in [1.807, 2.05) is 46.9 Å². The van der Waals surface area contributed by atoms with E-state index < -0.39 is 17.7 Å². The first-order chi connectivity index (χ1) is 18.4. The molecule has 0 N–H and O–H groups in total. The van der Waals surface area contributed by atoms with Gasteiger partial charge in [0, 0.05) is 23.3 Å². The third-order valence-electron chi connectivity index (χ3n) is 7.29. The summed E-state index contributed by atoms with van der Waals surface area (Å²) in [6.07, 6.45) is 4.83. The quantitative estimate of drug-likeness (QED) is 0.381. The predicted octanol–water partition coefficient (Wildman–Crippen LogP) is 5.36. The topological polar surface area (TPSA) is 63.5 Å². The van der Waals surface area contributed by atoms with Crippen molar-refractivity contribution < 1.29 is 13.6 Å². The van der Waals surface area contributed by atoms with E-state index in [0.29, 0.717) is 30.3 Å². The molecule has 1 atom stereocenters. The molecule has 0 unspecified atom stereocenters. The second kappa shape index (κ2) is 11.6. The Morgan fingerprint density at radius 2 is 1.87 bits per heavy atom. The van der Waals surface area contributed by atoms with Crippen LogP contribution in [0.15, 0.2) is 65.7 Å². The van der Waals surface area contributed by atoms with Crippen molar-refractivity contribution in [3.05, 3.63) is 89.2 Å². The number of aromatic nitrogens is 1. The molecular formula is C29H29F2N5OS. The Morgan fingerprint density at radius 1 is 1.11 bits per heavy atom. The monoisotopic (exact) mass is 533 g/mol. The van der Waals surface area contributed by atoms with Gasteiger partial charge in [0.05, 0.1) is 17.8 Å². The normalized spacial score (nSPS) is 18.5. The number of carbonyl (C=O) groups excluding carboxylic acids is 1. The molecule has 0 radical (unpaired) electrons. The van der Waals surface area contributed by atoms with Crippen LogP contribution in [0.1, 0.15) is 42.0 Å². The summed E-state index contributed by atoms with van der Waals surface area (Å²) in [7, 11) is 2.15. The van der Waals surface area contributed by atoms with E-state index in [-0.39, 0.29) is 11.5 Å². The molecule has 5 rings (SSSR count). The summed E-state index contributed by atoms with van der Waals surface area (Å²) in [5.74, 6) is -1.80. The van der Waals surface area contributed by atoms with E-state index in [1.165, 1.54) is 11.6 Å². The fraction of sp³-hybridized carbons (Fsp3) is 0.345. The summed E-state index contributed by atoms with van der Waals surface area (Å²) >= 11 is 1.16. The molecule has 2 saturated heterocycles. The van der Waals surface area contributed by atoms with Crippen molar-refractivity contribution >= 4 is 23.5 Å². The Kier molecular flexibility index (Phi) is 8.03. The van der Waals surface area contributed by atoms with Gasteiger partial charge in [-0.3, -0.25) is 9.78 Å². The maximum atomic E-state index is 14.0. The van der Waals surface area contributed by atoms with Crippen molar-refractivity contribution in [1.29, 1.82) is 5.26 Å². The molecule has 3 aromatic rings. The summed E-state index contributed by atoms with van der Waals surface area (Å²) in [4.78, 5) is 23.0. The minimum Gasteiger partial charge on any atom is -0.306 e. The fourth-order valence-corrected chi connectivity index (χ4v) is 6.03. The lowest BCUT2D eigenvalue weighted by molar-refractivity contribution is -0.124. The summed E-state index contributed by atoms with van der Waals surface area (Å²) in [5, 5.41) is 9.11. The van der Waals surface area contributed by atoms with Crippen molar-refractivity contribution in [3.8, 4) is 6.07 Å². The van der Waals surface area contributed by atoms with Gasteiger partial charge in [0.25, 0.3) is 0 Å². The number of halogens is 2. The van der Waals surface area contributed by atoms with Gasteiger partial charge in [-0.15, -0.1) is 0 Å². The Bertz CT molecular complexity index is 1320. The third kappa shape index (κ3) is 5.73. The molecule has 9 heteroatoms. The Morgan fingerprint density at radius 3 is 2.50 bits per heavy atom. The summed E-state index contributed by atoms with van der Waals surface area (Å²) in [5.41, 5.74) is 2.47. The fourth-order valence-electron chi connectivity index (χ4n) is 4.91. The van der Waals surface area contributed by atoms with E-state index in [9.17, 15) is 13.6 Å². The maximum absolute atomic E-state index is 14.0. The van der Waals surface area contributed by atoms with Gasteiger partial charge >= 0.3 is 0 Å². The highest BCUT2D eigenvalue weighted by atomic mass is 32.2. The molecule has 196 valence electrons. The summed E-state index contributed by atoms with van der Waals surface area (Å²) in [6, 6.07) is 17.3. The highest BCUT2D eigenvalue weighted by molar-refractivity contribution is 7.97. The van der Waals surface area contributed by atoms with E-state index >= 15 is 0 Å². The number of pyridine rings is 1. The molecular weight excluding hydrogens is 504 g/mol. The summed E-state index contributed by atoms with van der Waals surface area (Å²) in [6.45, 7) is 3.12. The first-order valence-corrected chi connectivity index (χ1v) is 13.5. The predicted molar refractivity (Wildman–Crippen MR) is 143 cm³/mol. The van der Waals surface area contributed by atoms with Crippen LogP contribution in [0.5, 0.6) is 0 Å². The molecule has 2 aliphatic rings. The van der Waals surface area contributed by atoms with Crippen molar-refractivity contribution in [2.45, 2.75) is 42.7 Å². The van der Waals surface area contributed by atoms with Gasteiger partial charge < -0.3 is 9.80 Å². The van der Waals surface area contributed by atoms with Gasteiger partial charge in [-0.2, -0.15) is 5.26 Å². The lowest BCUT2D eigenvalue weighted by atomic mass is 9.90. The Hall–Kier alpha value is -3.32. The highest BCUT2D eigenvalue weighted by Gasteiger charge is 2.38. The number of carbonyl (C=O) groups is 1. The minimum absolute atomic E-state index is 0.0840. The van der Waals surface area contributed by atoms with Crippen LogP contribution in [0.2, 0.25) is 0 Å². The number of nitrogens with zero attached hydrogens (tertiary/aromatic N) is 5. The number of benzene rings is 2. The van der Waals surface area contributed by atoms with Gasteiger partial charge in [-0.1, -0.05) is 24.3 Å². The Balaban J connectivity index is 1.32. The molecule has 1 aromatic heterocycles. The number of nitriles is 1. The van der Waals surface area contributed by atoms with Crippen molar-refractivity contribution in [1.82, 2.24) is 14.2 Å². The number of hydrogen-bond acceptors (Lipinski definition) is 6. The van der Waals surface area contributed by atoms with Gasteiger partial charge in [0.2, 0.25) is 5.91 Å². The van der Waals surface area contributed by atoms with Gasteiger partial charge in [0.15, 0.2) is 11.6 Å². The molecule has 38 heavy (non-hydrogen) atoms. The highest BCUT2D eigenvalue weighted by Crippen LogP contribution is 2.35. The number of anilines is 1. The molecule has 0 spiro atoms. The minimum atomic E-state index is -1.15. The molecule has 0 aliphatic carbocycles. The molecule has 0 saturated carbocycles. The average molecular weight is 534 g/mol. The second-order valence-corrected chi connectivity index (χ2v) is 11.0. The number of piperidine rings is 1. The molecule has 3 heterocycles. The molecule has 6 nitrogen and oxygen atoms in total. The number of hydrogen-bond donors (Lipinski definition) is 0. The first-order valence-electron chi connectivity index (χ1n) is 12.8. The number of para-hydroxylation sites is 1. The number of likely N-dealkylation sites (tertiary alicyclic amines) is 1. The van der Waals surface area contributed by atoms with Crippen molar-refractivity contribution in [3.63, 3.8) is 0 Å². The zero-order valence-electron chi connectivity index (χ0n) is 21.2. The van der Waals surface area contributed by atoms with Crippen molar-refractivity contribution in [2.24, 2.45) is 0 Å². The van der Waals surface area contributed by atoms with Crippen LogP contribution in [0, 0.1) is 23.0 Å². The lowest BCUT2D eigenvalue weighted by Gasteiger charge is -2.41. The van der Waals surface area contributed by atoms with Crippen LogP contribution in [0.4, 0.5) is 14.5 Å². The van der Waals surface area contributed by atoms with Crippen LogP contribution < -0.4 is 4.90 Å². The van der Waals surface area contributed by atoms with Crippen LogP contribution >= 0.6 is 11.9 Å². The SMILES string of the molecule is CN1CCC(c2ccc(CN(C(=O)[C@H]3CCN3Sc3cc(F)c(F)c(C#N)c3)c3ccccc3)nc2)CC1. The smallest absolute Gasteiger partial charge is 0.245 e. The van der Waals surface area contributed by atoms with Crippen LogP contribution in [0.3, 0.4) is 0 Å². The maximum Gasteiger partial charge on any atom is 0.245 e. The zero-order chi connectivity index (χ0) is 26.6. The zero-order valence-corrected chi connectivity index (χ0v) is 22.0. The first kappa shape index (κ1) is 26.3. The Labute approximate surface area is 226 Å². The lowest BCUT2D eigenvalue weighted by Crippen LogP contribution is -2.54. The van der Waals surface area contributed by atoms with Crippen LogP contribution in [0.25, 0.3) is 0 Å². The van der Waals surface area contributed by atoms with E-state index in [0.717, 1.165) is 55.3 Å². The molecule has 0 bridgehead atoms. The molecule has 2 fully saturated rings. The second-order valence-electron chi connectivity index (χ2n) is 9.84. The van der Waals surface area contributed by atoms with Gasteiger partial charge in [0.1, 0.15) is 12.1 Å². The van der Waals surface area contributed by atoms with Gasteiger partial charge in [-0.05, 0) is 93.2 Å². The van der Waals surface area contributed by atoms with E-state index in [1.54, 1.807) is 11.0 Å². The average Bonchev–Trinajstić information content (AvgIpc) is 2.92. The molecule has 2 aromatic carbocycles.